The van der Waals surface area contributed by atoms with Crippen molar-refractivity contribution < 1.29 is 15.0 Å². The van der Waals surface area contributed by atoms with E-state index in [0.29, 0.717) is 29.2 Å². The molecular weight excluding hydrogens is 318 g/mol. The molecule has 0 aliphatic rings. The van der Waals surface area contributed by atoms with Crippen LogP contribution in [-0.2, 0) is 0 Å². The maximum atomic E-state index is 11.0. The minimum absolute atomic E-state index is 0.238. The molecule has 0 spiro atoms. The normalized spacial score (nSPS) is 12.6. The fourth-order valence-electron chi connectivity index (χ4n) is 2.70. The molecule has 2 aromatic heterocycles. The summed E-state index contributed by atoms with van der Waals surface area (Å²) in [6.07, 6.45) is 4.42. The Morgan fingerprint density at radius 1 is 1.16 bits per heavy atom. The number of aliphatic hydroxyl groups is 1. The summed E-state index contributed by atoms with van der Waals surface area (Å²) in [6.45, 7) is 4.24. The zero-order valence-corrected chi connectivity index (χ0v) is 14.3. The Kier molecular flexibility index (Phi) is 4.81. The molecule has 1 aromatic carbocycles. The zero-order valence-electron chi connectivity index (χ0n) is 14.3. The number of hydrogen-bond acceptors (Lipinski definition) is 4. The summed E-state index contributed by atoms with van der Waals surface area (Å²) in [5.74, 6) is -0.426. The summed E-state index contributed by atoms with van der Waals surface area (Å²) in [5, 5.41) is 19.3. The van der Waals surface area contributed by atoms with Crippen molar-refractivity contribution in [3.05, 3.63) is 54.0 Å². The van der Waals surface area contributed by atoms with Gasteiger partial charge in [-0.15, -0.1) is 0 Å². The largest absolute Gasteiger partial charge is 0.478 e. The fraction of sp³-hybridized carbons (Fsp3) is 0.316. The van der Waals surface area contributed by atoms with Gasteiger partial charge in [-0.1, -0.05) is 13.8 Å². The van der Waals surface area contributed by atoms with E-state index in [0.717, 1.165) is 12.1 Å². The number of fused-ring (bicyclic) bond motifs is 1. The average Bonchev–Trinajstić information content (AvgIpc) is 3.02. The minimum Gasteiger partial charge on any atom is -0.478 e. The standard InChI is InChI=1S/C19H21N3O3/c1-12(2)3-8-17(23)16-11-20-18-15(21-16)9-10-22(18)14-6-4-13(5-7-14)19(24)25/h4-7,9-12,17,23H,3,8H2,1-2H3,(H,24,25)/t17-/m0/s1. The Labute approximate surface area is 145 Å². The molecule has 0 unspecified atom stereocenters. The van der Waals surface area contributed by atoms with Gasteiger partial charge >= 0.3 is 5.97 Å². The first kappa shape index (κ1) is 17.1. The van der Waals surface area contributed by atoms with Crippen LogP contribution in [0, 0.1) is 5.92 Å². The lowest BCUT2D eigenvalue weighted by Crippen LogP contribution is -2.04. The highest BCUT2D eigenvalue weighted by atomic mass is 16.4. The Balaban J connectivity index is 1.88. The van der Waals surface area contributed by atoms with Gasteiger partial charge in [-0.2, -0.15) is 0 Å². The second-order valence-electron chi connectivity index (χ2n) is 6.53. The molecule has 0 saturated heterocycles. The SMILES string of the molecule is CC(C)CC[C@H](O)c1cnc2c(ccn2-c2ccc(C(=O)O)cc2)n1. The highest BCUT2D eigenvalue weighted by Gasteiger charge is 2.14. The Hall–Kier alpha value is -2.73. The van der Waals surface area contributed by atoms with Crippen molar-refractivity contribution in [2.24, 2.45) is 5.92 Å². The lowest BCUT2D eigenvalue weighted by Gasteiger charge is -2.11. The molecule has 25 heavy (non-hydrogen) atoms. The van der Waals surface area contributed by atoms with Gasteiger partial charge in [0.1, 0.15) is 5.52 Å². The van der Waals surface area contributed by atoms with Crippen molar-refractivity contribution in [2.75, 3.05) is 0 Å². The van der Waals surface area contributed by atoms with Gasteiger partial charge in [0.05, 0.1) is 23.6 Å². The van der Waals surface area contributed by atoms with Crippen LogP contribution in [0.2, 0.25) is 0 Å². The van der Waals surface area contributed by atoms with Gasteiger partial charge in [0.2, 0.25) is 0 Å². The highest BCUT2D eigenvalue weighted by Crippen LogP contribution is 2.23. The molecule has 2 heterocycles. The fourth-order valence-corrected chi connectivity index (χ4v) is 2.70. The number of hydrogen-bond donors (Lipinski definition) is 2. The summed E-state index contributed by atoms with van der Waals surface area (Å²) in [6, 6.07) is 8.42. The molecule has 2 N–H and O–H groups in total. The first-order chi connectivity index (χ1) is 12.0. The number of aromatic carboxylic acids is 1. The number of aliphatic hydroxyl groups excluding tert-OH is 1. The van der Waals surface area contributed by atoms with Crippen LogP contribution in [0.25, 0.3) is 16.9 Å². The van der Waals surface area contributed by atoms with E-state index in [4.69, 9.17) is 5.11 Å². The second-order valence-corrected chi connectivity index (χ2v) is 6.53. The van der Waals surface area contributed by atoms with Crippen molar-refractivity contribution in [1.82, 2.24) is 14.5 Å². The Bertz CT molecular complexity index is 885. The molecule has 0 saturated carbocycles. The third-order valence-electron chi connectivity index (χ3n) is 4.16. The minimum atomic E-state index is -0.955. The van der Waals surface area contributed by atoms with Crippen molar-refractivity contribution >= 4 is 17.1 Å². The van der Waals surface area contributed by atoms with E-state index in [-0.39, 0.29) is 5.56 Å². The number of carbonyl (C=O) groups is 1. The molecule has 6 nitrogen and oxygen atoms in total. The molecule has 0 fully saturated rings. The molecule has 0 radical (unpaired) electrons. The van der Waals surface area contributed by atoms with E-state index in [1.165, 1.54) is 0 Å². The van der Waals surface area contributed by atoms with E-state index in [2.05, 4.69) is 23.8 Å². The third kappa shape index (κ3) is 3.69. The molecule has 1 atom stereocenters. The Morgan fingerprint density at radius 3 is 2.52 bits per heavy atom. The first-order valence-electron chi connectivity index (χ1n) is 8.31. The summed E-state index contributed by atoms with van der Waals surface area (Å²) >= 11 is 0. The third-order valence-corrected chi connectivity index (χ3v) is 4.16. The predicted octanol–water partition coefficient (Wildman–Crippen LogP) is 3.59. The summed E-state index contributed by atoms with van der Waals surface area (Å²) in [5.41, 5.74) is 2.99. The van der Waals surface area contributed by atoms with E-state index in [1.54, 1.807) is 30.5 Å². The van der Waals surface area contributed by atoms with Crippen LogP contribution in [0.1, 0.15) is 48.8 Å². The van der Waals surface area contributed by atoms with Gasteiger partial charge in [-0.3, -0.25) is 4.57 Å². The summed E-state index contributed by atoms with van der Waals surface area (Å²) in [4.78, 5) is 19.9. The van der Waals surface area contributed by atoms with Gasteiger partial charge in [-0.05, 0) is 49.1 Å². The molecular formula is C19H21N3O3. The molecule has 3 aromatic rings. The van der Waals surface area contributed by atoms with E-state index in [9.17, 15) is 9.90 Å². The smallest absolute Gasteiger partial charge is 0.335 e. The lowest BCUT2D eigenvalue weighted by molar-refractivity contribution is 0.0697. The highest BCUT2D eigenvalue weighted by molar-refractivity contribution is 5.87. The number of carboxylic acids is 1. The second kappa shape index (κ2) is 7.03. The monoisotopic (exact) mass is 339 g/mol. The number of benzene rings is 1. The van der Waals surface area contributed by atoms with E-state index in [1.807, 2.05) is 16.8 Å². The molecule has 6 heteroatoms. The van der Waals surface area contributed by atoms with Crippen molar-refractivity contribution in [2.45, 2.75) is 32.8 Å². The van der Waals surface area contributed by atoms with E-state index >= 15 is 0 Å². The molecule has 0 aliphatic carbocycles. The summed E-state index contributed by atoms with van der Waals surface area (Å²) < 4.78 is 1.85. The van der Waals surface area contributed by atoms with Gasteiger partial charge in [0.25, 0.3) is 0 Å². The molecule has 0 amide bonds. The lowest BCUT2D eigenvalue weighted by atomic mass is 10.0. The van der Waals surface area contributed by atoms with Gasteiger partial charge in [-0.25, -0.2) is 14.8 Å². The predicted molar refractivity (Wildman–Crippen MR) is 94.9 cm³/mol. The maximum absolute atomic E-state index is 11.0. The molecule has 0 aliphatic heterocycles. The number of rotatable bonds is 6. The van der Waals surface area contributed by atoms with Gasteiger partial charge in [0, 0.05) is 11.9 Å². The quantitative estimate of drug-likeness (QED) is 0.716. The topological polar surface area (TPSA) is 88.2 Å². The zero-order chi connectivity index (χ0) is 18.0. The van der Waals surface area contributed by atoms with Crippen molar-refractivity contribution in [3.63, 3.8) is 0 Å². The van der Waals surface area contributed by atoms with Gasteiger partial charge in [0.15, 0.2) is 5.65 Å². The summed E-state index contributed by atoms with van der Waals surface area (Å²) in [7, 11) is 0. The number of carboxylic acid groups (broad SMARTS) is 1. The Morgan fingerprint density at radius 2 is 1.88 bits per heavy atom. The van der Waals surface area contributed by atoms with Crippen LogP contribution in [0.15, 0.2) is 42.7 Å². The van der Waals surface area contributed by atoms with Crippen LogP contribution in [0.5, 0.6) is 0 Å². The van der Waals surface area contributed by atoms with Crippen LogP contribution < -0.4 is 0 Å². The molecule has 0 bridgehead atoms. The molecule has 130 valence electrons. The molecule has 3 rings (SSSR count). The van der Waals surface area contributed by atoms with Crippen LogP contribution in [0.4, 0.5) is 0 Å². The number of aromatic nitrogens is 3. The van der Waals surface area contributed by atoms with Crippen LogP contribution in [-0.4, -0.2) is 30.7 Å². The number of nitrogens with zero attached hydrogens (tertiary/aromatic N) is 3. The van der Waals surface area contributed by atoms with Gasteiger partial charge < -0.3 is 10.2 Å². The van der Waals surface area contributed by atoms with Crippen LogP contribution >= 0.6 is 0 Å². The maximum Gasteiger partial charge on any atom is 0.335 e. The van der Waals surface area contributed by atoms with E-state index < -0.39 is 12.1 Å². The van der Waals surface area contributed by atoms with Crippen LogP contribution in [0.3, 0.4) is 0 Å². The van der Waals surface area contributed by atoms with Crippen molar-refractivity contribution in [1.29, 1.82) is 0 Å². The first-order valence-corrected chi connectivity index (χ1v) is 8.31. The van der Waals surface area contributed by atoms with Crippen molar-refractivity contribution in [3.8, 4) is 5.69 Å². The average molecular weight is 339 g/mol.